The summed E-state index contributed by atoms with van der Waals surface area (Å²) in [5.41, 5.74) is 0.968. The molecule has 1 aromatic carbocycles. The van der Waals surface area contributed by atoms with Crippen molar-refractivity contribution >= 4 is 35.4 Å². The smallest absolute Gasteiger partial charge is 0.243 e. The van der Waals surface area contributed by atoms with E-state index in [-0.39, 0.29) is 17.7 Å². The first-order valence-corrected chi connectivity index (χ1v) is 9.54. The van der Waals surface area contributed by atoms with Crippen molar-refractivity contribution in [2.75, 3.05) is 13.7 Å². The van der Waals surface area contributed by atoms with Crippen LogP contribution in [0, 0.1) is 5.92 Å². The summed E-state index contributed by atoms with van der Waals surface area (Å²) in [7, 11) is 1.48. The summed E-state index contributed by atoms with van der Waals surface area (Å²) in [6, 6.07) is 8.34. The highest BCUT2D eigenvalue weighted by Crippen LogP contribution is 2.22. The first kappa shape index (κ1) is 21.0. The summed E-state index contributed by atoms with van der Waals surface area (Å²) in [6.07, 6.45) is 2.87. The number of amides is 2. The normalized spacial score (nSPS) is 18.4. The SMILES string of the molecule is COC(=S)CC(C)C(=O)N1CCCC1C(=O)NC(C=O)Cc1ccccc1. The number of ether oxygens (including phenoxy) is 1. The number of thiocarbonyl (C=S) groups is 1. The van der Waals surface area contributed by atoms with E-state index in [2.05, 4.69) is 5.32 Å². The van der Waals surface area contributed by atoms with E-state index in [0.717, 1.165) is 18.3 Å². The Morgan fingerprint density at radius 1 is 1.37 bits per heavy atom. The fourth-order valence-electron chi connectivity index (χ4n) is 3.29. The van der Waals surface area contributed by atoms with Gasteiger partial charge in [-0.1, -0.05) is 37.3 Å². The van der Waals surface area contributed by atoms with Gasteiger partial charge in [0.1, 0.15) is 12.3 Å². The van der Waals surface area contributed by atoms with E-state index in [4.69, 9.17) is 17.0 Å². The van der Waals surface area contributed by atoms with E-state index in [1.807, 2.05) is 30.3 Å². The van der Waals surface area contributed by atoms with Gasteiger partial charge in [0.2, 0.25) is 11.8 Å². The van der Waals surface area contributed by atoms with Crippen molar-refractivity contribution in [3.05, 3.63) is 35.9 Å². The second-order valence-electron chi connectivity index (χ2n) is 6.81. The molecule has 3 unspecified atom stereocenters. The van der Waals surface area contributed by atoms with Gasteiger partial charge < -0.3 is 19.7 Å². The maximum atomic E-state index is 12.7. The van der Waals surface area contributed by atoms with Gasteiger partial charge in [-0.2, -0.15) is 0 Å². The Hall–Kier alpha value is -2.28. The van der Waals surface area contributed by atoms with E-state index in [1.165, 1.54) is 7.11 Å². The fraction of sp³-hybridized carbons (Fsp3) is 0.500. The highest BCUT2D eigenvalue weighted by atomic mass is 32.1. The van der Waals surface area contributed by atoms with Gasteiger partial charge in [0.15, 0.2) is 5.05 Å². The van der Waals surface area contributed by atoms with Crippen molar-refractivity contribution in [3.8, 4) is 0 Å². The quantitative estimate of drug-likeness (QED) is 0.542. The van der Waals surface area contributed by atoms with Crippen LogP contribution in [0.1, 0.15) is 31.7 Å². The van der Waals surface area contributed by atoms with Gasteiger partial charge in [-0.05, 0) is 37.0 Å². The van der Waals surface area contributed by atoms with Crippen LogP contribution < -0.4 is 5.32 Å². The van der Waals surface area contributed by atoms with Gasteiger partial charge in [0, 0.05) is 18.9 Å². The molecule has 0 aliphatic carbocycles. The summed E-state index contributed by atoms with van der Waals surface area (Å²) in [4.78, 5) is 38.4. The third-order valence-corrected chi connectivity index (χ3v) is 5.08. The molecular weight excluding hydrogens is 364 g/mol. The number of likely N-dealkylation sites (tertiary alicyclic amines) is 1. The highest BCUT2D eigenvalue weighted by Gasteiger charge is 2.36. The lowest BCUT2D eigenvalue weighted by Gasteiger charge is -2.27. The zero-order valence-electron chi connectivity index (χ0n) is 15.7. The van der Waals surface area contributed by atoms with Gasteiger partial charge in [0.25, 0.3) is 0 Å². The molecule has 1 N–H and O–H groups in total. The third-order valence-electron chi connectivity index (χ3n) is 4.75. The van der Waals surface area contributed by atoms with Crippen LogP contribution in [0.4, 0.5) is 0 Å². The zero-order chi connectivity index (χ0) is 19.8. The predicted molar refractivity (Wildman–Crippen MR) is 106 cm³/mol. The van der Waals surface area contributed by atoms with Crippen molar-refractivity contribution in [1.29, 1.82) is 0 Å². The van der Waals surface area contributed by atoms with Crippen LogP contribution in [0.2, 0.25) is 0 Å². The van der Waals surface area contributed by atoms with Crippen LogP contribution in [-0.2, 0) is 25.5 Å². The topological polar surface area (TPSA) is 75.7 Å². The van der Waals surface area contributed by atoms with Crippen molar-refractivity contribution in [2.45, 2.75) is 44.7 Å². The van der Waals surface area contributed by atoms with Crippen molar-refractivity contribution < 1.29 is 19.1 Å². The van der Waals surface area contributed by atoms with Gasteiger partial charge in [-0.25, -0.2) is 0 Å². The van der Waals surface area contributed by atoms with E-state index in [9.17, 15) is 14.4 Å². The molecule has 1 heterocycles. The Balaban J connectivity index is 1.98. The van der Waals surface area contributed by atoms with Crippen LogP contribution in [0.3, 0.4) is 0 Å². The molecule has 1 aromatic rings. The molecule has 27 heavy (non-hydrogen) atoms. The zero-order valence-corrected chi connectivity index (χ0v) is 16.5. The molecule has 2 rings (SSSR count). The van der Waals surface area contributed by atoms with Crippen molar-refractivity contribution in [3.63, 3.8) is 0 Å². The number of carbonyl (C=O) groups is 3. The standard InChI is InChI=1S/C20H26N2O4S/c1-14(11-18(27)26-2)20(25)22-10-6-9-17(22)19(24)21-16(13-23)12-15-7-4-3-5-8-15/h3-5,7-8,13-14,16-17H,6,9-12H2,1-2H3,(H,21,24). The maximum absolute atomic E-state index is 12.7. The minimum atomic E-state index is -0.615. The molecule has 1 fully saturated rings. The number of nitrogens with one attached hydrogen (secondary N) is 1. The summed E-state index contributed by atoms with van der Waals surface area (Å²) < 4.78 is 4.97. The van der Waals surface area contributed by atoms with Crippen molar-refractivity contribution in [2.24, 2.45) is 5.92 Å². The molecule has 146 valence electrons. The fourth-order valence-corrected chi connectivity index (χ4v) is 3.54. The van der Waals surface area contributed by atoms with E-state index in [0.29, 0.717) is 30.9 Å². The highest BCUT2D eigenvalue weighted by molar-refractivity contribution is 7.80. The lowest BCUT2D eigenvalue weighted by Crippen LogP contribution is -2.50. The van der Waals surface area contributed by atoms with Gasteiger partial charge in [-0.3, -0.25) is 9.59 Å². The molecule has 0 radical (unpaired) electrons. The lowest BCUT2D eigenvalue weighted by molar-refractivity contribution is -0.141. The molecule has 2 amide bonds. The number of hydrogen-bond donors (Lipinski definition) is 1. The Bertz CT molecular complexity index is 680. The molecule has 1 aliphatic heterocycles. The Kier molecular flexibility index (Phi) is 7.91. The molecule has 0 bridgehead atoms. The molecule has 1 aliphatic rings. The molecular formula is C20H26N2O4S. The number of methoxy groups -OCH3 is 1. The summed E-state index contributed by atoms with van der Waals surface area (Å²) in [5, 5.41) is 3.16. The average molecular weight is 391 g/mol. The minimum absolute atomic E-state index is 0.113. The van der Waals surface area contributed by atoms with Crippen LogP contribution in [0.15, 0.2) is 30.3 Å². The van der Waals surface area contributed by atoms with Gasteiger partial charge >= 0.3 is 0 Å². The first-order chi connectivity index (χ1) is 13.0. The molecule has 0 saturated carbocycles. The average Bonchev–Trinajstić information content (AvgIpc) is 3.17. The number of benzene rings is 1. The Labute approximate surface area is 165 Å². The molecule has 1 saturated heterocycles. The number of aldehydes is 1. The van der Waals surface area contributed by atoms with Crippen LogP contribution >= 0.6 is 12.2 Å². The molecule has 3 atom stereocenters. The van der Waals surface area contributed by atoms with E-state index in [1.54, 1.807) is 11.8 Å². The number of rotatable bonds is 8. The minimum Gasteiger partial charge on any atom is -0.490 e. The van der Waals surface area contributed by atoms with Crippen molar-refractivity contribution in [1.82, 2.24) is 10.2 Å². The second kappa shape index (κ2) is 10.2. The van der Waals surface area contributed by atoms with E-state index < -0.39 is 12.1 Å². The Morgan fingerprint density at radius 3 is 2.70 bits per heavy atom. The molecule has 7 heteroatoms. The number of carbonyl (C=O) groups excluding carboxylic acids is 3. The lowest BCUT2D eigenvalue weighted by atomic mass is 10.0. The third kappa shape index (κ3) is 5.85. The monoisotopic (exact) mass is 390 g/mol. The van der Waals surface area contributed by atoms with Gasteiger partial charge in [-0.15, -0.1) is 0 Å². The first-order valence-electron chi connectivity index (χ1n) is 9.13. The second-order valence-corrected chi connectivity index (χ2v) is 7.27. The van der Waals surface area contributed by atoms with E-state index >= 15 is 0 Å². The maximum Gasteiger partial charge on any atom is 0.243 e. The predicted octanol–water partition coefficient (Wildman–Crippen LogP) is 1.90. The summed E-state index contributed by atoms with van der Waals surface area (Å²) in [6.45, 7) is 2.32. The number of nitrogens with zero attached hydrogens (tertiary/aromatic N) is 1. The summed E-state index contributed by atoms with van der Waals surface area (Å²) >= 11 is 5.03. The van der Waals surface area contributed by atoms with Gasteiger partial charge in [0.05, 0.1) is 13.2 Å². The largest absolute Gasteiger partial charge is 0.490 e. The van der Waals surface area contributed by atoms with Crippen LogP contribution in [-0.4, -0.2) is 53.8 Å². The molecule has 0 aromatic heterocycles. The van der Waals surface area contributed by atoms with Crippen LogP contribution in [0.25, 0.3) is 0 Å². The Morgan fingerprint density at radius 2 is 2.07 bits per heavy atom. The van der Waals surface area contributed by atoms with Crippen LogP contribution in [0.5, 0.6) is 0 Å². The molecule has 6 nitrogen and oxygen atoms in total. The number of hydrogen-bond acceptors (Lipinski definition) is 5. The molecule has 0 spiro atoms. The summed E-state index contributed by atoms with van der Waals surface area (Å²) in [5.74, 6) is -0.745.